The highest BCUT2D eigenvalue weighted by Crippen LogP contribution is 2.36. The molecule has 3 aromatic rings. The van der Waals surface area contributed by atoms with Crippen LogP contribution in [-0.4, -0.2) is 55.2 Å². The largest absolute Gasteiger partial charge is 0.464 e. The van der Waals surface area contributed by atoms with E-state index in [-0.39, 0.29) is 12.7 Å². The number of amides is 1. The quantitative estimate of drug-likeness (QED) is 0.592. The number of carbonyl (C=O) groups excluding carboxylic acids is 1. The molecule has 0 spiro atoms. The smallest absolute Gasteiger partial charge is 0.231 e. The van der Waals surface area contributed by atoms with Crippen LogP contribution < -0.4 is 9.47 Å². The molecule has 1 amide bonds. The third-order valence-electron chi connectivity index (χ3n) is 7.38. The zero-order valence-corrected chi connectivity index (χ0v) is 18.9. The summed E-state index contributed by atoms with van der Waals surface area (Å²) in [6.07, 6.45) is 6.62. The lowest BCUT2D eigenvalue weighted by Gasteiger charge is -2.35. The van der Waals surface area contributed by atoms with Crippen molar-refractivity contribution >= 4 is 16.9 Å². The fourth-order valence-corrected chi connectivity index (χ4v) is 5.59. The first-order valence-corrected chi connectivity index (χ1v) is 12.1. The van der Waals surface area contributed by atoms with Gasteiger partial charge in [0, 0.05) is 31.6 Å². The van der Waals surface area contributed by atoms with E-state index < -0.39 is 0 Å². The molecule has 0 bridgehead atoms. The fourth-order valence-electron chi connectivity index (χ4n) is 5.59. The maximum atomic E-state index is 13.1. The molecule has 2 aromatic carbocycles. The van der Waals surface area contributed by atoms with Crippen LogP contribution in [0.4, 0.5) is 0 Å². The Bertz CT molecular complexity index is 1170. The third kappa shape index (κ3) is 4.20. The monoisotopic (exact) mass is 446 g/mol. The number of fused-ring (bicyclic) bond motifs is 3. The van der Waals surface area contributed by atoms with E-state index in [1.807, 2.05) is 24.5 Å². The second kappa shape index (κ2) is 8.75. The summed E-state index contributed by atoms with van der Waals surface area (Å²) in [6, 6.07) is 12.3. The van der Waals surface area contributed by atoms with Crippen molar-refractivity contribution in [3.63, 3.8) is 0 Å². The first-order chi connectivity index (χ1) is 16.2. The molecule has 1 unspecified atom stereocenters. The molecule has 4 heterocycles. The van der Waals surface area contributed by atoms with E-state index in [1.165, 1.54) is 29.4 Å². The summed E-state index contributed by atoms with van der Waals surface area (Å²) >= 11 is 0. The van der Waals surface area contributed by atoms with E-state index in [1.54, 1.807) is 0 Å². The summed E-state index contributed by atoms with van der Waals surface area (Å²) in [7, 11) is 0. The molecular formula is C27H30N2O4. The molecule has 6 heteroatoms. The van der Waals surface area contributed by atoms with Crippen LogP contribution in [-0.2, 0) is 24.1 Å². The van der Waals surface area contributed by atoms with Crippen LogP contribution in [0.15, 0.2) is 47.1 Å². The number of carbonyl (C=O) groups is 1. The van der Waals surface area contributed by atoms with Crippen molar-refractivity contribution in [1.29, 1.82) is 0 Å². The molecular weight excluding hydrogens is 416 g/mol. The normalized spacial score (nSPS) is 20.8. The maximum Gasteiger partial charge on any atom is 0.231 e. The van der Waals surface area contributed by atoms with Gasteiger partial charge in [-0.3, -0.25) is 4.79 Å². The van der Waals surface area contributed by atoms with Gasteiger partial charge in [-0.2, -0.15) is 0 Å². The van der Waals surface area contributed by atoms with E-state index >= 15 is 0 Å². The minimum Gasteiger partial charge on any atom is -0.464 e. The van der Waals surface area contributed by atoms with Crippen LogP contribution in [0.25, 0.3) is 11.0 Å². The van der Waals surface area contributed by atoms with Gasteiger partial charge in [-0.15, -0.1) is 0 Å². The van der Waals surface area contributed by atoms with Crippen LogP contribution in [0, 0.1) is 5.92 Å². The van der Waals surface area contributed by atoms with Gasteiger partial charge in [-0.1, -0.05) is 18.2 Å². The van der Waals surface area contributed by atoms with Crippen molar-refractivity contribution < 1.29 is 18.7 Å². The topological polar surface area (TPSA) is 55.2 Å². The van der Waals surface area contributed by atoms with Gasteiger partial charge in [0.25, 0.3) is 0 Å². The van der Waals surface area contributed by atoms with Crippen molar-refractivity contribution in [3.8, 4) is 11.5 Å². The molecule has 1 aromatic heterocycles. The van der Waals surface area contributed by atoms with Crippen molar-refractivity contribution in [2.45, 2.75) is 32.1 Å². The highest BCUT2D eigenvalue weighted by molar-refractivity contribution is 5.81. The van der Waals surface area contributed by atoms with Crippen molar-refractivity contribution in [2.24, 2.45) is 5.92 Å². The van der Waals surface area contributed by atoms with Gasteiger partial charge in [0.1, 0.15) is 5.58 Å². The molecule has 0 aliphatic carbocycles. The Balaban J connectivity index is 1.06. The summed E-state index contributed by atoms with van der Waals surface area (Å²) < 4.78 is 16.8. The number of benzene rings is 2. The molecule has 3 aliphatic rings. The Morgan fingerprint density at radius 1 is 1.03 bits per heavy atom. The fraction of sp³-hybridized carbons (Fsp3) is 0.444. The second-order valence-corrected chi connectivity index (χ2v) is 9.56. The zero-order chi connectivity index (χ0) is 22.2. The van der Waals surface area contributed by atoms with E-state index in [0.29, 0.717) is 12.3 Å². The number of rotatable bonds is 5. The third-order valence-corrected chi connectivity index (χ3v) is 7.38. The van der Waals surface area contributed by atoms with Gasteiger partial charge in [-0.05, 0) is 73.0 Å². The standard InChI is InChI=1S/C27H30N2O4/c30-27-14-22-13-26-25(32-18-33-26)12-20(22)8-11-29(27)16-19-4-3-9-28(15-19)10-7-21-17-31-24-6-2-1-5-23(21)24/h1-2,5-6,12-13,17,19H,3-4,7-11,14-16,18H2. The SMILES string of the molecule is O=C1Cc2cc3c(cc2CCN1CC1CCCN(CCc2coc4ccccc24)C1)OCO3. The molecule has 1 atom stereocenters. The van der Waals surface area contributed by atoms with Crippen LogP contribution >= 0.6 is 0 Å². The van der Waals surface area contributed by atoms with Crippen molar-refractivity contribution in [3.05, 3.63) is 59.4 Å². The van der Waals surface area contributed by atoms with E-state index in [2.05, 4.69) is 28.0 Å². The molecule has 0 N–H and O–H groups in total. The maximum absolute atomic E-state index is 13.1. The molecule has 6 nitrogen and oxygen atoms in total. The second-order valence-electron chi connectivity index (χ2n) is 9.56. The number of ether oxygens (including phenoxy) is 2. The Kier molecular flexibility index (Phi) is 5.46. The van der Waals surface area contributed by atoms with Gasteiger partial charge >= 0.3 is 0 Å². The van der Waals surface area contributed by atoms with Crippen LogP contribution in [0.2, 0.25) is 0 Å². The number of nitrogens with zero attached hydrogens (tertiary/aromatic N) is 2. The summed E-state index contributed by atoms with van der Waals surface area (Å²) in [6.45, 7) is 5.13. The van der Waals surface area contributed by atoms with Gasteiger partial charge in [0.15, 0.2) is 11.5 Å². The highest BCUT2D eigenvalue weighted by atomic mass is 16.7. The van der Waals surface area contributed by atoms with Gasteiger partial charge < -0.3 is 23.7 Å². The van der Waals surface area contributed by atoms with Crippen molar-refractivity contribution in [2.75, 3.05) is 39.5 Å². The first kappa shape index (κ1) is 20.6. The highest BCUT2D eigenvalue weighted by Gasteiger charge is 2.28. The Morgan fingerprint density at radius 2 is 1.88 bits per heavy atom. The van der Waals surface area contributed by atoms with Crippen LogP contribution in [0.5, 0.6) is 11.5 Å². The predicted molar refractivity (Wildman–Crippen MR) is 126 cm³/mol. The van der Waals surface area contributed by atoms with Gasteiger partial charge in [0.2, 0.25) is 12.7 Å². The van der Waals surface area contributed by atoms with E-state index in [0.717, 1.165) is 68.2 Å². The van der Waals surface area contributed by atoms with Gasteiger partial charge in [-0.25, -0.2) is 0 Å². The number of hydrogen-bond acceptors (Lipinski definition) is 5. The Hall–Kier alpha value is -2.99. The number of hydrogen-bond donors (Lipinski definition) is 0. The lowest BCUT2D eigenvalue weighted by molar-refractivity contribution is -0.131. The van der Waals surface area contributed by atoms with Crippen LogP contribution in [0.3, 0.4) is 0 Å². The minimum absolute atomic E-state index is 0.231. The first-order valence-electron chi connectivity index (χ1n) is 12.1. The number of para-hydroxylation sites is 1. The molecule has 0 radical (unpaired) electrons. The molecule has 6 rings (SSSR count). The molecule has 1 fully saturated rings. The van der Waals surface area contributed by atoms with Crippen molar-refractivity contribution in [1.82, 2.24) is 9.80 Å². The summed E-state index contributed by atoms with van der Waals surface area (Å²) in [5.41, 5.74) is 4.55. The average molecular weight is 447 g/mol. The van der Waals surface area contributed by atoms with E-state index in [9.17, 15) is 4.79 Å². The molecule has 1 saturated heterocycles. The number of piperidine rings is 1. The molecule has 172 valence electrons. The number of furan rings is 1. The summed E-state index contributed by atoms with van der Waals surface area (Å²) in [5.74, 6) is 2.34. The van der Waals surface area contributed by atoms with Gasteiger partial charge in [0.05, 0.1) is 12.7 Å². The predicted octanol–water partition coefficient (Wildman–Crippen LogP) is 4.04. The number of likely N-dealkylation sites (tertiary alicyclic amines) is 1. The molecule has 33 heavy (non-hydrogen) atoms. The summed E-state index contributed by atoms with van der Waals surface area (Å²) in [4.78, 5) is 17.7. The lowest BCUT2D eigenvalue weighted by Crippen LogP contribution is -2.43. The Morgan fingerprint density at radius 3 is 2.79 bits per heavy atom. The Labute approximate surface area is 194 Å². The average Bonchev–Trinajstić information content (AvgIpc) is 3.43. The molecule has 0 saturated carbocycles. The zero-order valence-electron chi connectivity index (χ0n) is 18.9. The lowest BCUT2D eigenvalue weighted by atomic mass is 9.96. The minimum atomic E-state index is 0.231. The van der Waals surface area contributed by atoms with E-state index in [4.69, 9.17) is 13.9 Å². The van der Waals surface area contributed by atoms with Crippen LogP contribution in [0.1, 0.15) is 29.5 Å². The summed E-state index contributed by atoms with van der Waals surface area (Å²) in [5, 5.41) is 1.22. The molecule has 3 aliphatic heterocycles.